The fourth-order valence-corrected chi connectivity index (χ4v) is 8.08. The summed E-state index contributed by atoms with van der Waals surface area (Å²) in [6.07, 6.45) is 6.29. The van der Waals surface area contributed by atoms with Crippen LogP contribution in [0.5, 0.6) is 5.75 Å². The highest BCUT2D eigenvalue weighted by atomic mass is 35.5. The summed E-state index contributed by atoms with van der Waals surface area (Å²) in [5, 5.41) is 7.51. The molecule has 3 N–H and O–H groups in total. The quantitative estimate of drug-likeness (QED) is 0.170. The number of piperazine rings is 1. The number of likely N-dealkylation sites (N-methyl/N-ethyl adjacent to an activating group) is 1. The molecule has 0 saturated carbocycles. The predicted octanol–water partition coefficient (Wildman–Crippen LogP) is 6.01. The Balaban J connectivity index is 1.22. The van der Waals surface area contributed by atoms with Crippen molar-refractivity contribution in [1.82, 2.24) is 24.8 Å². The molecular formula is C36H46ClN8O3P. The zero-order chi connectivity index (χ0) is 34.7. The fourth-order valence-electron chi connectivity index (χ4n) is 6.78. The van der Waals surface area contributed by atoms with Crippen LogP contribution in [0.25, 0.3) is 11.1 Å². The van der Waals surface area contributed by atoms with Crippen molar-refractivity contribution in [2.24, 2.45) is 0 Å². The SMILES string of the molecule is CCc1cc(Nc2ncc(Cl)c(Nc3ccc(-c4ccc[nH]c4=O)cc3P(C)(C)=O)n2)c(OC)cc1N1CCC(N2CCN(C)CC2)CC1. The summed E-state index contributed by atoms with van der Waals surface area (Å²) in [7, 11) is 1.09. The molecule has 2 aliphatic heterocycles. The maximum Gasteiger partial charge on any atom is 0.255 e. The minimum atomic E-state index is -2.79. The number of pyridine rings is 1. The van der Waals surface area contributed by atoms with Gasteiger partial charge in [-0.25, -0.2) is 4.98 Å². The molecule has 2 aromatic carbocycles. The van der Waals surface area contributed by atoms with Gasteiger partial charge in [-0.15, -0.1) is 0 Å². The van der Waals surface area contributed by atoms with Crippen molar-refractivity contribution < 1.29 is 9.30 Å². The van der Waals surface area contributed by atoms with Crippen LogP contribution in [-0.4, -0.2) is 97.5 Å². The summed E-state index contributed by atoms with van der Waals surface area (Å²) in [5.74, 6) is 1.39. The maximum atomic E-state index is 13.4. The Hall–Kier alpha value is -3.89. The molecule has 2 saturated heterocycles. The molecule has 2 aromatic heterocycles. The lowest BCUT2D eigenvalue weighted by atomic mass is 9.99. The Kier molecular flexibility index (Phi) is 10.6. The van der Waals surface area contributed by atoms with Crippen LogP contribution in [0.15, 0.2) is 59.7 Å². The van der Waals surface area contributed by atoms with Crippen LogP contribution in [0, 0.1) is 0 Å². The van der Waals surface area contributed by atoms with Crippen molar-refractivity contribution in [1.29, 1.82) is 0 Å². The third kappa shape index (κ3) is 7.96. The van der Waals surface area contributed by atoms with Crippen molar-refractivity contribution in [3.63, 3.8) is 0 Å². The third-order valence-corrected chi connectivity index (χ3v) is 11.4. The first-order valence-corrected chi connectivity index (χ1v) is 19.8. The summed E-state index contributed by atoms with van der Waals surface area (Å²) in [6, 6.07) is 13.8. The first-order chi connectivity index (χ1) is 23.5. The van der Waals surface area contributed by atoms with Gasteiger partial charge in [-0.05, 0) is 81.1 Å². The fraction of sp³-hybridized carbons (Fsp3) is 0.417. The van der Waals surface area contributed by atoms with Crippen molar-refractivity contribution >= 4 is 52.9 Å². The summed E-state index contributed by atoms with van der Waals surface area (Å²) < 4.78 is 19.3. The largest absolute Gasteiger partial charge is 0.494 e. The van der Waals surface area contributed by atoms with Gasteiger partial charge < -0.3 is 34.7 Å². The second kappa shape index (κ2) is 14.9. The van der Waals surface area contributed by atoms with Gasteiger partial charge in [0.2, 0.25) is 5.95 Å². The molecule has 11 nitrogen and oxygen atoms in total. The van der Waals surface area contributed by atoms with Gasteiger partial charge in [0.1, 0.15) is 17.9 Å². The maximum absolute atomic E-state index is 13.4. The minimum absolute atomic E-state index is 0.216. The van der Waals surface area contributed by atoms with Crippen molar-refractivity contribution in [3.05, 3.63) is 75.8 Å². The number of H-pyrrole nitrogens is 1. The van der Waals surface area contributed by atoms with Crippen LogP contribution in [0.1, 0.15) is 25.3 Å². The van der Waals surface area contributed by atoms with E-state index >= 15 is 0 Å². The topological polar surface area (TPSA) is 119 Å². The molecule has 13 heteroatoms. The number of aromatic nitrogens is 3. The van der Waals surface area contributed by atoms with E-state index in [1.807, 2.05) is 6.07 Å². The molecule has 0 atom stereocenters. The summed E-state index contributed by atoms with van der Waals surface area (Å²) in [5.41, 5.74) is 4.72. The third-order valence-electron chi connectivity index (χ3n) is 9.59. The van der Waals surface area contributed by atoms with E-state index in [0.717, 1.165) is 64.2 Å². The Morgan fingerprint density at radius 1 is 1.02 bits per heavy atom. The molecule has 2 fully saturated rings. The van der Waals surface area contributed by atoms with E-state index in [4.69, 9.17) is 21.3 Å². The number of benzene rings is 2. The lowest BCUT2D eigenvalue weighted by Crippen LogP contribution is -2.52. The lowest BCUT2D eigenvalue weighted by molar-refractivity contribution is 0.0982. The second-order valence-corrected chi connectivity index (χ2v) is 16.8. The van der Waals surface area contributed by atoms with Crippen LogP contribution in [0.3, 0.4) is 0 Å². The van der Waals surface area contributed by atoms with Gasteiger partial charge >= 0.3 is 0 Å². The van der Waals surface area contributed by atoms with Crippen molar-refractivity contribution in [2.75, 3.05) is 82.3 Å². The van der Waals surface area contributed by atoms with Gasteiger partial charge in [-0.2, -0.15) is 4.98 Å². The molecule has 260 valence electrons. The van der Waals surface area contributed by atoms with Gasteiger partial charge in [0.05, 0.1) is 24.7 Å². The second-order valence-electron chi connectivity index (χ2n) is 13.2. The smallest absolute Gasteiger partial charge is 0.255 e. The van der Waals surface area contributed by atoms with Crippen LogP contribution in [-0.2, 0) is 11.0 Å². The number of aryl methyl sites for hydroxylation is 1. The molecule has 2 aliphatic rings. The number of halogens is 1. The first-order valence-electron chi connectivity index (χ1n) is 16.9. The van der Waals surface area contributed by atoms with E-state index in [-0.39, 0.29) is 5.56 Å². The van der Waals surface area contributed by atoms with Gasteiger partial charge in [-0.3, -0.25) is 9.69 Å². The average molecular weight is 705 g/mol. The highest BCUT2D eigenvalue weighted by Gasteiger charge is 2.28. The molecule has 0 spiro atoms. The Labute approximate surface area is 293 Å². The van der Waals surface area contributed by atoms with E-state index in [2.05, 4.69) is 61.4 Å². The number of hydrogen-bond donors (Lipinski definition) is 3. The highest BCUT2D eigenvalue weighted by Crippen LogP contribution is 2.41. The van der Waals surface area contributed by atoms with Crippen molar-refractivity contribution in [3.8, 4) is 16.9 Å². The van der Waals surface area contributed by atoms with E-state index in [9.17, 15) is 9.36 Å². The molecule has 0 aliphatic carbocycles. The summed E-state index contributed by atoms with van der Waals surface area (Å²) in [4.78, 5) is 31.9. The Morgan fingerprint density at radius 3 is 2.45 bits per heavy atom. The molecule has 4 aromatic rings. The Morgan fingerprint density at radius 2 is 1.78 bits per heavy atom. The van der Waals surface area contributed by atoms with E-state index in [1.54, 1.807) is 50.9 Å². The standard InChI is InChI=1S/C36H46ClN8O3P/c1-6-24-20-30(32(48-3)22-31(24)45-14-11-26(12-15-45)44-18-16-43(2)17-19-44)41-36-39-23-28(37)34(42-36)40-29-10-9-25(21-33(29)49(4,5)47)27-8-7-13-38-35(27)46/h7-10,13,20-23,26H,6,11-12,14-19H2,1-5H3,(H,38,46)(H2,39,40,41,42). The lowest BCUT2D eigenvalue weighted by Gasteiger charge is -2.43. The zero-order valence-electron chi connectivity index (χ0n) is 28.9. The van der Waals surface area contributed by atoms with E-state index in [1.165, 1.54) is 17.4 Å². The van der Waals surface area contributed by atoms with Crippen LogP contribution in [0.2, 0.25) is 5.02 Å². The predicted molar refractivity (Wildman–Crippen MR) is 202 cm³/mol. The van der Waals surface area contributed by atoms with E-state index in [0.29, 0.717) is 50.7 Å². The van der Waals surface area contributed by atoms with Gasteiger partial charge in [0.15, 0.2) is 5.82 Å². The molecule has 0 radical (unpaired) electrons. The number of hydrogen-bond acceptors (Lipinski definition) is 10. The van der Waals surface area contributed by atoms with Crippen LogP contribution < -0.4 is 31.1 Å². The van der Waals surface area contributed by atoms with Gasteiger partial charge in [0, 0.05) is 74.1 Å². The number of methoxy groups -OCH3 is 1. The summed E-state index contributed by atoms with van der Waals surface area (Å²) in [6.45, 7) is 12.2. The van der Waals surface area contributed by atoms with Crippen LogP contribution >= 0.6 is 18.7 Å². The van der Waals surface area contributed by atoms with Crippen LogP contribution in [0.4, 0.5) is 28.8 Å². The molecule has 0 unspecified atom stereocenters. The number of ether oxygens (including phenoxy) is 1. The number of nitrogens with one attached hydrogen (secondary N) is 3. The average Bonchev–Trinajstić information content (AvgIpc) is 3.10. The minimum Gasteiger partial charge on any atom is -0.494 e. The number of nitrogens with zero attached hydrogens (tertiary/aromatic N) is 5. The molecule has 0 amide bonds. The van der Waals surface area contributed by atoms with Gasteiger partial charge in [-0.1, -0.05) is 24.6 Å². The number of aromatic amines is 1. The van der Waals surface area contributed by atoms with E-state index < -0.39 is 7.14 Å². The molecule has 4 heterocycles. The van der Waals surface area contributed by atoms with Crippen molar-refractivity contribution in [2.45, 2.75) is 32.2 Å². The Bertz CT molecular complexity index is 1900. The normalized spacial score (nSPS) is 16.5. The zero-order valence-corrected chi connectivity index (χ0v) is 30.6. The molecule has 0 bridgehead atoms. The summed E-state index contributed by atoms with van der Waals surface area (Å²) >= 11 is 6.58. The number of anilines is 5. The first kappa shape index (κ1) is 35.0. The number of piperidine rings is 1. The molecular weight excluding hydrogens is 659 g/mol. The highest BCUT2D eigenvalue weighted by molar-refractivity contribution is 7.70. The number of rotatable bonds is 10. The molecule has 6 rings (SSSR count). The monoisotopic (exact) mass is 704 g/mol. The van der Waals surface area contributed by atoms with Gasteiger partial charge in [0.25, 0.3) is 5.56 Å². The molecule has 49 heavy (non-hydrogen) atoms.